The number of benzene rings is 1. The van der Waals surface area contributed by atoms with E-state index in [4.69, 9.17) is 0 Å². The van der Waals surface area contributed by atoms with Crippen molar-refractivity contribution in [2.45, 2.75) is 6.42 Å². The van der Waals surface area contributed by atoms with Crippen molar-refractivity contribution in [1.29, 1.82) is 0 Å². The van der Waals surface area contributed by atoms with Gasteiger partial charge < -0.3 is 15.5 Å². The number of hydrogen-bond donors (Lipinski definition) is 2. The summed E-state index contributed by atoms with van der Waals surface area (Å²) in [5.74, 6) is -0.914. The first-order chi connectivity index (χ1) is 9.16. The van der Waals surface area contributed by atoms with Crippen molar-refractivity contribution in [3.8, 4) is 0 Å². The minimum absolute atomic E-state index is 0.154. The quantitative estimate of drug-likeness (QED) is 0.863. The van der Waals surface area contributed by atoms with Crippen LogP contribution < -0.4 is 10.6 Å². The molecule has 0 unspecified atom stereocenters. The van der Waals surface area contributed by atoms with Gasteiger partial charge in [0.05, 0.1) is 0 Å². The van der Waals surface area contributed by atoms with Gasteiger partial charge in [0.1, 0.15) is 11.6 Å². The monoisotopic (exact) mass is 269 g/mol. The standard InChI is InChI=1S/C13H17F2N3O/c14-11-1-2-12(15)10(9-11)3-4-17-13(19)18-7-5-16-6-8-18/h1-2,9,16H,3-8H2,(H,17,19). The number of carbonyl (C=O) groups excluding carboxylic acids is 1. The highest BCUT2D eigenvalue weighted by atomic mass is 19.1. The molecule has 0 saturated carbocycles. The average molecular weight is 269 g/mol. The van der Waals surface area contributed by atoms with Gasteiger partial charge in [-0.15, -0.1) is 0 Å². The van der Waals surface area contributed by atoms with Gasteiger partial charge in [-0.25, -0.2) is 13.6 Å². The number of piperazine rings is 1. The zero-order chi connectivity index (χ0) is 13.7. The molecule has 104 valence electrons. The Balaban J connectivity index is 1.79. The molecule has 2 rings (SSSR count). The fourth-order valence-corrected chi connectivity index (χ4v) is 2.02. The summed E-state index contributed by atoms with van der Waals surface area (Å²) in [6.45, 7) is 3.20. The van der Waals surface area contributed by atoms with Crippen molar-refractivity contribution in [2.24, 2.45) is 0 Å². The summed E-state index contributed by atoms with van der Waals surface area (Å²) in [4.78, 5) is 13.5. The van der Waals surface area contributed by atoms with E-state index in [1.807, 2.05) is 0 Å². The molecule has 0 bridgehead atoms. The molecule has 1 aliphatic rings. The molecule has 4 nitrogen and oxygen atoms in total. The van der Waals surface area contributed by atoms with Crippen molar-refractivity contribution in [3.05, 3.63) is 35.4 Å². The topological polar surface area (TPSA) is 44.4 Å². The van der Waals surface area contributed by atoms with E-state index in [1.54, 1.807) is 4.90 Å². The molecule has 1 aromatic rings. The maximum Gasteiger partial charge on any atom is 0.317 e. The van der Waals surface area contributed by atoms with Gasteiger partial charge >= 0.3 is 6.03 Å². The summed E-state index contributed by atoms with van der Waals surface area (Å²) in [7, 11) is 0. The molecular formula is C13H17F2N3O. The van der Waals surface area contributed by atoms with Crippen LogP contribution in [0.1, 0.15) is 5.56 Å². The molecule has 2 N–H and O–H groups in total. The SMILES string of the molecule is O=C(NCCc1cc(F)ccc1F)N1CCNCC1. The molecule has 2 amide bonds. The second-order valence-corrected chi connectivity index (χ2v) is 4.45. The molecule has 0 atom stereocenters. The van der Waals surface area contributed by atoms with Gasteiger partial charge in [0.15, 0.2) is 0 Å². The Kier molecular flexibility index (Phi) is 4.68. The normalized spacial score (nSPS) is 15.4. The molecule has 1 fully saturated rings. The van der Waals surface area contributed by atoms with Gasteiger partial charge in [0.25, 0.3) is 0 Å². The second kappa shape index (κ2) is 6.47. The molecule has 0 aliphatic carbocycles. The number of carbonyl (C=O) groups is 1. The van der Waals surface area contributed by atoms with Gasteiger partial charge in [-0.2, -0.15) is 0 Å². The fourth-order valence-electron chi connectivity index (χ4n) is 2.02. The van der Waals surface area contributed by atoms with Gasteiger partial charge in [0, 0.05) is 32.7 Å². The van der Waals surface area contributed by atoms with Crippen molar-refractivity contribution < 1.29 is 13.6 Å². The number of rotatable bonds is 3. The van der Waals surface area contributed by atoms with E-state index in [1.165, 1.54) is 0 Å². The minimum atomic E-state index is -0.468. The van der Waals surface area contributed by atoms with Crippen LogP contribution in [0.15, 0.2) is 18.2 Å². The van der Waals surface area contributed by atoms with Crippen LogP contribution in [-0.4, -0.2) is 43.7 Å². The Bertz CT molecular complexity index is 448. The molecular weight excluding hydrogens is 252 g/mol. The van der Waals surface area contributed by atoms with Gasteiger partial charge in [0.2, 0.25) is 0 Å². The van der Waals surface area contributed by atoms with Crippen LogP contribution in [-0.2, 0) is 6.42 Å². The lowest BCUT2D eigenvalue weighted by molar-refractivity contribution is 0.190. The third-order valence-corrected chi connectivity index (χ3v) is 3.08. The lowest BCUT2D eigenvalue weighted by Crippen LogP contribution is -2.50. The van der Waals surface area contributed by atoms with Crippen LogP contribution in [0, 0.1) is 11.6 Å². The third kappa shape index (κ3) is 3.89. The summed E-state index contributed by atoms with van der Waals surface area (Å²) in [6.07, 6.45) is 0.279. The first kappa shape index (κ1) is 13.7. The zero-order valence-electron chi connectivity index (χ0n) is 10.6. The third-order valence-electron chi connectivity index (χ3n) is 3.08. The van der Waals surface area contributed by atoms with Crippen LogP contribution in [0.2, 0.25) is 0 Å². The average Bonchev–Trinajstić information content (AvgIpc) is 2.43. The fraction of sp³-hybridized carbons (Fsp3) is 0.462. The molecule has 0 spiro atoms. The van der Waals surface area contributed by atoms with Crippen molar-refractivity contribution in [2.75, 3.05) is 32.7 Å². The Labute approximate surface area is 110 Å². The lowest BCUT2D eigenvalue weighted by Gasteiger charge is -2.27. The minimum Gasteiger partial charge on any atom is -0.338 e. The van der Waals surface area contributed by atoms with Crippen LogP contribution in [0.4, 0.5) is 13.6 Å². The van der Waals surface area contributed by atoms with E-state index in [-0.39, 0.29) is 18.0 Å². The highest BCUT2D eigenvalue weighted by Crippen LogP contribution is 2.09. The van der Waals surface area contributed by atoms with E-state index in [0.717, 1.165) is 31.3 Å². The van der Waals surface area contributed by atoms with E-state index in [2.05, 4.69) is 10.6 Å². The van der Waals surface area contributed by atoms with E-state index < -0.39 is 11.6 Å². The smallest absolute Gasteiger partial charge is 0.317 e. The Morgan fingerprint density at radius 3 is 2.79 bits per heavy atom. The van der Waals surface area contributed by atoms with E-state index >= 15 is 0 Å². The molecule has 1 saturated heterocycles. The largest absolute Gasteiger partial charge is 0.338 e. The predicted octanol–water partition coefficient (Wildman–Crippen LogP) is 1.12. The Morgan fingerprint density at radius 1 is 1.32 bits per heavy atom. The number of amides is 2. The zero-order valence-corrected chi connectivity index (χ0v) is 10.6. The Morgan fingerprint density at radius 2 is 2.05 bits per heavy atom. The highest BCUT2D eigenvalue weighted by molar-refractivity contribution is 5.74. The number of urea groups is 1. The summed E-state index contributed by atoms with van der Waals surface area (Å²) < 4.78 is 26.3. The Hall–Kier alpha value is -1.69. The number of nitrogens with zero attached hydrogens (tertiary/aromatic N) is 1. The molecule has 1 aromatic carbocycles. The number of nitrogens with one attached hydrogen (secondary N) is 2. The highest BCUT2D eigenvalue weighted by Gasteiger charge is 2.15. The van der Waals surface area contributed by atoms with Gasteiger partial charge in [-0.05, 0) is 30.2 Å². The first-order valence-corrected chi connectivity index (χ1v) is 6.34. The first-order valence-electron chi connectivity index (χ1n) is 6.34. The van der Waals surface area contributed by atoms with Crippen molar-refractivity contribution >= 4 is 6.03 Å². The van der Waals surface area contributed by atoms with Gasteiger partial charge in [-0.1, -0.05) is 0 Å². The number of hydrogen-bond acceptors (Lipinski definition) is 2. The van der Waals surface area contributed by atoms with Crippen LogP contribution in [0.3, 0.4) is 0 Å². The second-order valence-electron chi connectivity index (χ2n) is 4.45. The molecule has 0 aromatic heterocycles. The summed E-state index contributed by atoms with van der Waals surface area (Å²) >= 11 is 0. The molecule has 19 heavy (non-hydrogen) atoms. The van der Waals surface area contributed by atoms with Crippen LogP contribution in [0.25, 0.3) is 0 Å². The molecule has 6 heteroatoms. The molecule has 1 aliphatic heterocycles. The molecule has 1 heterocycles. The molecule has 0 radical (unpaired) electrons. The van der Waals surface area contributed by atoms with Gasteiger partial charge in [-0.3, -0.25) is 0 Å². The van der Waals surface area contributed by atoms with E-state index in [0.29, 0.717) is 19.6 Å². The summed E-state index contributed by atoms with van der Waals surface area (Å²) in [5.41, 5.74) is 0.278. The number of halogens is 2. The maximum absolute atomic E-state index is 13.4. The van der Waals surface area contributed by atoms with Crippen molar-refractivity contribution in [3.63, 3.8) is 0 Å². The predicted molar refractivity (Wildman–Crippen MR) is 67.9 cm³/mol. The van der Waals surface area contributed by atoms with Crippen molar-refractivity contribution in [1.82, 2.24) is 15.5 Å². The maximum atomic E-state index is 13.4. The van der Waals surface area contributed by atoms with Crippen LogP contribution >= 0.6 is 0 Å². The summed E-state index contributed by atoms with van der Waals surface area (Å²) in [6, 6.07) is 3.19. The van der Waals surface area contributed by atoms with Crippen LogP contribution in [0.5, 0.6) is 0 Å². The summed E-state index contributed by atoms with van der Waals surface area (Å²) in [5, 5.41) is 5.87. The van der Waals surface area contributed by atoms with E-state index in [9.17, 15) is 13.6 Å². The lowest BCUT2D eigenvalue weighted by atomic mass is 10.1.